The molecular formula is C12H23N3O4. The largest absolute Gasteiger partial charge is 0.480 e. The van der Waals surface area contributed by atoms with Gasteiger partial charge in [-0.15, -0.1) is 0 Å². The van der Waals surface area contributed by atoms with Crippen molar-refractivity contribution < 1.29 is 19.8 Å². The normalized spacial score (nSPS) is 19.5. The highest BCUT2D eigenvalue weighted by atomic mass is 16.4. The summed E-state index contributed by atoms with van der Waals surface area (Å²) in [5.41, 5.74) is 0. The van der Waals surface area contributed by atoms with Gasteiger partial charge in [0, 0.05) is 12.6 Å². The van der Waals surface area contributed by atoms with Crippen LogP contribution in [-0.2, 0) is 4.79 Å². The molecule has 7 heteroatoms. The van der Waals surface area contributed by atoms with Crippen molar-refractivity contribution in [3.8, 4) is 0 Å². The summed E-state index contributed by atoms with van der Waals surface area (Å²) >= 11 is 0. The maximum Gasteiger partial charge on any atom is 0.328 e. The van der Waals surface area contributed by atoms with Gasteiger partial charge in [-0.05, 0) is 32.9 Å². The number of aliphatic carboxylic acids is 1. The van der Waals surface area contributed by atoms with Gasteiger partial charge >= 0.3 is 12.0 Å². The van der Waals surface area contributed by atoms with Crippen LogP contribution in [0.2, 0.25) is 0 Å². The summed E-state index contributed by atoms with van der Waals surface area (Å²) in [5, 5.41) is 22.4. The Morgan fingerprint density at radius 2 is 1.84 bits per heavy atom. The topological polar surface area (TPSA) is 102 Å². The van der Waals surface area contributed by atoms with Crippen LogP contribution in [0.25, 0.3) is 0 Å². The number of carboxylic acid groups (broad SMARTS) is 1. The van der Waals surface area contributed by atoms with Gasteiger partial charge in [0.05, 0.1) is 6.61 Å². The van der Waals surface area contributed by atoms with Crippen LogP contribution >= 0.6 is 0 Å². The van der Waals surface area contributed by atoms with Crippen molar-refractivity contribution in [1.82, 2.24) is 15.5 Å². The molecule has 1 fully saturated rings. The van der Waals surface area contributed by atoms with Gasteiger partial charge in [-0.2, -0.15) is 0 Å². The van der Waals surface area contributed by atoms with Crippen LogP contribution in [0.1, 0.15) is 26.2 Å². The minimum atomic E-state index is -1.26. The number of carbonyl (C=O) groups is 2. The predicted octanol–water partition coefficient (Wildman–Crippen LogP) is -0.394. The number of nitrogens with zero attached hydrogens (tertiary/aromatic N) is 1. The Kier molecular flexibility index (Phi) is 6.58. The van der Waals surface area contributed by atoms with Crippen LogP contribution in [0.4, 0.5) is 4.79 Å². The van der Waals surface area contributed by atoms with Crippen LogP contribution < -0.4 is 10.6 Å². The van der Waals surface area contributed by atoms with E-state index in [9.17, 15) is 9.59 Å². The van der Waals surface area contributed by atoms with Gasteiger partial charge < -0.3 is 25.7 Å². The van der Waals surface area contributed by atoms with E-state index in [4.69, 9.17) is 10.2 Å². The molecular weight excluding hydrogens is 250 g/mol. The molecule has 4 N–H and O–H groups in total. The fourth-order valence-corrected chi connectivity index (χ4v) is 2.18. The number of carbonyl (C=O) groups excluding carboxylic acids is 1. The Hall–Kier alpha value is -1.34. The monoisotopic (exact) mass is 273 g/mol. The summed E-state index contributed by atoms with van der Waals surface area (Å²) in [6, 6.07) is -1.89. The molecule has 0 bridgehead atoms. The van der Waals surface area contributed by atoms with Gasteiger partial charge in [0.1, 0.15) is 0 Å². The zero-order valence-electron chi connectivity index (χ0n) is 11.3. The SMILES string of the molecule is CC(CN1CCCCC1)NC(=O)N[C@@H](CO)C(=O)O. The molecule has 1 aliphatic heterocycles. The summed E-state index contributed by atoms with van der Waals surface area (Å²) in [5.74, 6) is -1.25. The van der Waals surface area contributed by atoms with E-state index < -0.39 is 24.6 Å². The van der Waals surface area contributed by atoms with Crippen LogP contribution in [0.3, 0.4) is 0 Å². The van der Waals surface area contributed by atoms with Crippen molar-refractivity contribution >= 4 is 12.0 Å². The second kappa shape index (κ2) is 7.96. The number of urea groups is 1. The maximum absolute atomic E-state index is 11.6. The van der Waals surface area contributed by atoms with Crippen LogP contribution in [0.5, 0.6) is 0 Å². The Labute approximate surface area is 113 Å². The van der Waals surface area contributed by atoms with E-state index in [1.807, 2.05) is 6.92 Å². The number of amides is 2. The molecule has 0 radical (unpaired) electrons. The van der Waals surface area contributed by atoms with E-state index in [2.05, 4.69) is 15.5 Å². The molecule has 2 atom stereocenters. The standard InChI is InChI=1S/C12H23N3O4/c1-9(7-15-5-3-2-4-6-15)13-12(19)14-10(8-16)11(17)18/h9-10,16H,2-8H2,1H3,(H,17,18)(H2,13,14,19)/t9?,10-/m0/s1. The molecule has 1 saturated heterocycles. The number of likely N-dealkylation sites (tertiary alicyclic amines) is 1. The van der Waals surface area contributed by atoms with Crippen molar-refractivity contribution in [2.45, 2.75) is 38.3 Å². The molecule has 0 aromatic heterocycles. The number of piperidine rings is 1. The first-order valence-corrected chi connectivity index (χ1v) is 6.66. The van der Waals surface area contributed by atoms with Crippen molar-refractivity contribution in [2.24, 2.45) is 0 Å². The van der Waals surface area contributed by atoms with Gasteiger partial charge in [-0.1, -0.05) is 6.42 Å². The van der Waals surface area contributed by atoms with E-state index in [0.29, 0.717) is 0 Å². The second-order valence-corrected chi connectivity index (χ2v) is 4.95. The summed E-state index contributed by atoms with van der Waals surface area (Å²) in [6.45, 7) is 4.10. The maximum atomic E-state index is 11.6. The average Bonchev–Trinajstić information content (AvgIpc) is 2.36. The minimum Gasteiger partial charge on any atom is -0.480 e. The van der Waals surface area contributed by atoms with Crippen molar-refractivity contribution in [1.29, 1.82) is 0 Å². The lowest BCUT2D eigenvalue weighted by molar-refractivity contribution is -0.140. The molecule has 0 saturated carbocycles. The highest BCUT2D eigenvalue weighted by Crippen LogP contribution is 2.08. The predicted molar refractivity (Wildman–Crippen MR) is 69.9 cm³/mol. The number of aliphatic hydroxyl groups excluding tert-OH is 1. The molecule has 7 nitrogen and oxygen atoms in total. The highest BCUT2D eigenvalue weighted by Gasteiger charge is 2.20. The van der Waals surface area contributed by atoms with Gasteiger partial charge in [-0.3, -0.25) is 0 Å². The summed E-state index contributed by atoms with van der Waals surface area (Å²) < 4.78 is 0. The second-order valence-electron chi connectivity index (χ2n) is 4.95. The molecule has 1 rings (SSSR count). The van der Waals surface area contributed by atoms with E-state index in [0.717, 1.165) is 19.6 Å². The first-order chi connectivity index (χ1) is 9.02. The third kappa shape index (κ3) is 5.89. The molecule has 0 spiro atoms. The van der Waals surface area contributed by atoms with Crippen molar-refractivity contribution in [2.75, 3.05) is 26.2 Å². The third-order valence-corrected chi connectivity index (χ3v) is 3.14. The Balaban J connectivity index is 2.28. The number of hydrogen-bond acceptors (Lipinski definition) is 4. The summed E-state index contributed by atoms with van der Waals surface area (Å²) in [6.07, 6.45) is 3.63. The minimum absolute atomic E-state index is 0.0637. The molecule has 0 aliphatic carbocycles. The van der Waals surface area contributed by atoms with Gasteiger partial charge in [0.2, 0.25) is 0 Å². The lowest BCUT2D eigenvalue weighted by atomic mass is 10.1. The van der Waals surface area contributed by atoms with E-state index >= 15 is 0 Å². The molecule has 0 aromatic carbocycles. The number of hydrogen-bond donors (Lipinski definition) is 4. The van der Waals surface area contributed by atoms with Gasteiger partial charge in [0.25, 0.3) is 0 Å². The van der Waals surface area contributed by atoms with E-state index in [-0.39, 0.29) is 6.04 Å². The first-order valence-electron chi connectivity index (χ1n) is 6.66. The Morgan fingerprint density at radius 3 is 2.37 bits per heavy atom. The van der Waals surface area contributed by atoms with Crippen molar-refractivity contribution in [3.63, 3.8) is 0 Å². The lowest BCUT2D eigenvalue weighted by Gasteiger charge is -2.29. The molecule has 19 heavy (non-hydrogen) atoms. The zero-order valence-corrected chi connectivity index (χ0v) is 11.3. The highest BCUT2D eigenvalue weighted by molar-refractivity contribution is 5.82. The van der Waals surface area contributed by atoms with E-state index in [1.165, 1.54) is 19.3 Å². The average molecular weight is 273 g/mol. The Bertz CT molecular complexity index is 305. The molecule has 1 unspecified atom stereocenters. The molecule has 2 amide bonds. The molecule has 110 valence electrons. The first kappa shape index (κ1) is 15.7. The number of aliphatic hydroxyl groups is 1. The smallest absolute Gasteiger partial charge is 0.328 e. The fraction of sp³-hybridized carbons (Fsp3) is 0.833. The van der Waals surface area contributed by atoms with Gasteiger partial charge in [-0.25, -0.2) is 9.59 Å². The van der Waals surface area contributed by atoms with Crippen LogP contribution in [0, 0.1) is 0 Å². The molecule has 1 heterocycles. The van der Waals surface area contributed by atoms with Crippen LogP contribution in [0.15, 0.2) is 0 Å². The molecule has 1 aliphatic rings. The Morgan fingerprint density at radius 1 is 1.21 bits per heavy atom. The fourth-order valence-electron chi connectivity index (χ4n) is 2.18. The van der Waals surface area contributed by atoms with Gasteiger partial charge in [0.15, 0.2) is 6.04 Å². The third-order valence-electron chi connectivity index (χ3n) is 3.14. The number of nitrogens with one attached hydrogen (secondary N) is 2. The molecule has 0 aromatic rings. The van der Waals surface area contributed by atoms with Crippen molar-refractivity contribution in [3.05, 3.63) is 0 Å². The number of rotatable bonds is 6. The number of carboxylic acids is 1. The summed E-state index contributed by atoms with van der Waals surface area (Å²) in [4.78, 5) is 24.5. The van der Waals surface area contributed by atoms with Crippen LogP contribution in [-0.4, -0.2) is 65.4 Å². The lowest BCUT2D eigenvalue weighted by Crippen LogP contribution is -2.52. The van der Waals surface area contributed by atoms with E-state index in [1.54, 1.807) is 0 Å². The quantitative estimate of drug-likeness (QED) is 0.528. The summed E-state index contributed by atoms with van der Waals surface area (Å²) in [7, 11) is 0. The zero-order chi connectivity index (χ0) is 14.3.